The summed E-state index contributed by atoms with van der Waals surface area (Å²) >= 11 is 0. The number of aryl methyl sites for hydroxylation is 1. The number of carbonyl (C=O) groups excluding carboxylic acids is 2. The molecule has 30 heavy (non-hydrogen) atoms. The summed E-state index contributed by atoms with van der Waals surface area (Å²) in [6, 6.07) is 11.2. The minimum Gasteiger partial charge on any atom is -0.454 e. The third-order valence-corrected chi connectivity index (χ3v) is 6.44. The van der Waals surface area contributed by atoms with Gasteiger partial charge in [-0.2, -0.15) is 4.72 Å². The molecule has 0 unspecified atom stereocenters. The van der Waals surface area contributed by atoms with Crippen molar-refractivity contribution in [1.29, 1.82) is 0 Å². The van der Waals surface area contributed by atoms with Crippen LogP contribution in [-0.4, -0.2) is 32.9 Å². The summed E-state index contributed by atoms with van der Waals surface area (Å²) in [6.07, 6.45) is 2.68. The van der Waals surface area contributed by atoms with Gasteiger partial charge in [-0.3, -0.25) is 9.59 Å². The Hall–Kier alpha value is -2.78. The lowest BCUT2D eigenvalue weighted by molar-refractivity contribution is -0.150. The topological polar surface area (TPSA) is 102 Å². The van der Waals surface area contributed by atoms with Crippen LogP contribution in [0.25, 0.3) is 0 Å². The highest BCUT2D eigenvalue weighted by atomic mass is 32.2. The molecule has 2 N–H and O–H groups in total. The van der Waals surface area contributed by atoms with Gasteiger partial charge in [0.15, 0.2) is 6.61 Å². The fourth-order valence-electron chi connectivity index (χ4n) is 3.41. The molecule has 1 amide bonds. The van der Waals surface area contributed by atoms with Crippen LogP contribution in [0.3, 0.4) is 0 Å². The summed E-state index contributed by atoms with van der Waals surface area (Å²) in [6.45, 7) is 0.722. The Bertz CT molecular complexity index is 1040. The van der Waals surface area contributed by atoms with E-state index in [2.05, 4.69) is 10.0 Å². The molecule has 7 nitrogen and oxygen atoms in total. The highest BCUT2D eigenvalue weighted by Crippen LogP contribution is 2.29. The average molecular weight is 434 g/mol. The van der Waals surface area contributed by atoms with Crippen molar-refractivity contribution >= 4 is 21.9 Å². The van der Waals surface area contributed by atoms with E-state index in [0.717, 1.165) is 37.0 Å². The van der Waals surface area contributed by atoms with Gasteiger partial charge < -0.3 is 10.1 Å². The molecule has 9 heteroatoms. The van der Waals surface area contributed by atoms with Gasteiger partial charge in [-0.25, -0.2) is 12.8 Å². The minimum absolute atomic E-state index is 0.155. The Kier molecular flexibility index (Phi) is 6.84. The van der Waals surface area contributed by atoms with Crippen molar-refractivity contribution in [2.75, 3.05) is 6.61 Å². The number of fused-ring (bicyclic) bond motifs is 1. The van der Waals surface area contributed by atoms with Crippen LogP contribution >= 0.6 is 0 Å². The Labute approximate surface area is 174 Å². The third kappa shape index (κ3) is 5.22. The van der Waals surface area contributed by atoms with Crippen LogP contribution in [-0.2, 0) is 30.8 Å². The quantitative estimate of drug-likeness (QED) is 0.651. The molecule has 1 aliphatic rings. The Morgan fingerprint density at radius 1 is 1.17 bits per heavy atom. The van der Waals surface area contributed by atoms with E-state index in [0.29, 0.717) is 0 Å². The monoisotopic (exact) mass is 434 g/mol. The summed E-state index contributed by atoms with van der Waals surface area (Å²) in [5.41, 5.74) is 2.23. The van der Waals surface area contributed by atoms with E-state index in [-0.39, 0.29) is 6.04 Å². The second kappa shape index (κ2) is 9.36. The largest absolute Gasteiger partial charge is 0.454 e. The maximum atomic E-state index is 13.7. The number of sulfonamides is 1. The van der Waals surface area contributed by atoms with Crippen molar-refractivity contribution < 1.29 is 27.1 Å². The van der Waals surface area contributed by atoms with Crippen LogP contribution in [0.15, 0.2) is 53.4 Å². The molecule has 2 atom stereocenters. The number of amides is 1. The van der Waals surface area contributed by atoms with Crippen LogP contribution in [0.2, 0.25) is 0 Å². The lowest BCUT2D eigenvalue weighted by Crippen LogP contribution is -2.41. The first-order valence-electron chi connectivity index (χ1n) is 9.58. The number of carbonyl (C=O) groups is 2. The second-order valence-corrected chi connectivity index (χ2v) is 8.77. The third-order valence-electron chi connectivity index (χ3n) is 4.86. The lowest BCUT2D eigenvalue weighted by atomic mass is 9.88. The van der Waals surface area contributed by atoms with E-state index in [1.54, 1.807) is 0 Å². The number of rotatable bonds is 7. The fourth-order valence-corrected chi connectivity index (χ4v) is 4.68. The summed E-state index contributed by atoms with van der Waals surface area (Å²) in [5, 5.41) is 2.85. The van der Waals surface area contributed by atoms with Gasteiger partial charge in [-0.1, -0.05) is 36.4 Å². The van der Waals surface area contributed by atoms with Crippen LogP contribution in [0, 0.1) is 5.82 Å². The number of esters is 1. The maximum absolute atomic E-state index is 13.7. The van der Waals surface area contributed by atoms with Crippen LogP contribution < -0.4 is 10.0 Å². The number of halogens is 1. The van der Waals surface area contributed by atoms with E-state index in [1.807, 2.05) is 24.3 Å². The molecular formula is C21H23FN2O5S. The summed E-state index contributed by atoms with van der Waals surface area (Å²) in [7, 11) is -4.26. The number of ether oxygens (including phenoxy) is 1. The van der Waals surface area contributed by atoms with Crippen LogP contribution in [0.1, 0.15) is 36.9 Å². The highest BCUT2D eigenvalue weighted by Gasteiger charge is 2.26. The van der Waals surface area contributed by atoms with Crippen molar-refractivity contribution in [3.05, 3.63) is 65.5 Å². The van der Waals surface area contributed by atoms with Crippen molar-refractivity contribution in [1.82, 2.24) is 10.0 Å². The fraction of sp³-hybridized carbons (Fsp3) is 0.333. The van der Waals surface area contributed by atoms with Gasteiger partial charge in [0.05, 0.1) is 6.04 Å². The van der Waals surface area contributed by atoms with E-state index in [1.165, 1.54) is 24.6 Å². The van der Waals surface area contributed by atoms with Crippen molar-refractivity contribution in [3.63, 3.8) is 0 Å². The first-order chi connectivity index (χ1) is 14.3. The lowest BCUT2D eigenvalue weighted by Gasteiger charge is -2.26. The molecule has 0 saturated heterocycles. The van der Waals surface area contributed by atoms with Gasteiger partial charge in [0.2, 0.25) is 10.0 Å². The SMILES string of the molecule is C[C@H](NS(=O)(=O)c1ccccc1F)C(=O)OCC(=O)N[C@@H]1CCCc2ccccc21. The molecule has 0 heterocycles. The first-order valence-corrected chi connectivity index (χ1v) is 11.1. The molecule has 0 saturated carbocycles. The van der Waals surface area contributed by atoms with Gasteiger partial charge in [-0.15, -0.1) is 0 Å². The molecule has 2 aromatic rings. The zero-order valence-electron chi connectivity index (χ0n) is 16.4. The van der Waals surface area contributed by atoms with Crippen molar-refractivity contribution in [2.45, 2.75) is 43.2 Å². The summed E-state index contributed by atoms with van der Waals surface area (Å²) < 4.78 is 45.2. The van der Waals surface area contributed by atoms with Gasteiger partial charge in [0.1, 0.15) is 16.8 Å². The van der Waals surface area contributed by atoms with Gasteiger partial charge in [0.25, 0.3) is 5.91 Å². The van der Waals surface area contributed by atoms with Crippen molar-refractivity contribution in [2.24, 2.45) is 0 Å². The Balaban J connectivity index is 1.53. The van der Waals surface area contributed by atoms with E-state index >= 15 is 0 Å². The molecule has 0 radical (unpaired) electrons. The maximum Gasteiger partial charge on any atom is 0.324 e. The number of benzene rings is 2. The molecule has 0 bridgehead atoms. The Morgan fingerprint density at radius 3 is 2.63 bits per heavy atom. The van der Waals surface area contributed by atoms with Crippen LogP contribution in [0.5, 0.6) is 0 Å². The smallest absolute Gasteiger partial charge is 0.324 e. The first kappa shape index (κ1) is 21.9. The van der Waals surface area contributed by atoms with E-state index in [4.69, 9.17) is 4.74 Å². The standard InChI is InChI=1S/C21H23FN2O5S/c1-14(24-30(27,28)19-12-5-4-10-17(19)22)21(26)29-13-20(25)23-18-11-6-8-15-7-2-3-9-16(15)18/h2-5,7,9-10,12,14,18,24H,6,8,11,13H2,1H3,(H,23,25)/t14-,18+/m0/s1. The van der Waals surface area contributed by atoms with E-state index < -0.39 is 45.3 Å². The van der Waals surface area contributed by atoms with Crippen LogP contribution in [0.4, 0.5) is 4.39 Å². The van der Waals surface area contributed by atoms with E-state index in [9.17, 15) is 22.4 Å². The molecule has 2 aromatic carbocycles. The molecule has 160 valence electrons. The molecule has 3 rings (SSSR count). The van der Waals surface area contributed by atoms with Gasteiger partial charge in [0, 0.05) is 0 Å². The molecule has 0 aliphatic heterocycles. The van der Waals surface area contributed by atoms with Crippen molar-refractivity contribution in [3.8, 4) is 0 Å². The highest BCUT2D eigenvalue weighted by molar-refractivity contribution is 7.89. The zero-order valence-corrected chi connectivity index (χ0v) is 17.2. The second-order valence-electron chi connectivity index (χ2n) is 7.09. The molecular weight excluding hydrogens is 411 g/mol. The summed E-state index contributed by atoms with van der Waals surface area (Å²) in [5.74, 6) is -2.35. The molecule has 1 aliphatic carbocycles. The number of hydrogen-bond acceptors (Lipinski definition) is 5. The van der Waals surface area contributed by atoms with Gasteiger partial charge >= 0.3 is 5.97 Å². The number of nitrogens with one attached hydrogen (secondary N) is 2. The van der Waals surface area contributed by atoms with Gasteiger partial charge in [-0.05, 0) is 49.4 Å². The number of hydrogen-bond donors (Lipinski definition) is 2. The zero-order chi connectivity index (χ0) is 21.7. The predicted molar refractivity (Wildman–Crippen MR) is 107 cm³/mol. The average Bonchev–Trinajstić information content (AvgIpc) is 2.72. The predicted octanol–water partition coefficient (Wildman–Crippen LogP) is 2.23. The Morgan fingerprint density at radius 2 is 1.87 bits per heavy atom. The minimum atomic E-state index is -4.26. The normalized spacial score (nSPS) is 16.9. The summed E-state index contributed by atoms with van der Waals surface area (Å²) in [4.78, 5) is 23.8. The molecule has 0 spiro atoms. The molecule has 0 fully saturated rings. The molecule has 0 aromatic heterocycles.